The molecule has 0 saturated heterocycles. The quantitative estimate of drug-likeness (QED) is 0.694. The fraction of sp³-hybridized carbons (Fsp3) is 0.176. The van der Waals surface area contributed by atoms with Crippen molar-refractivity contribution in [3.63, 3.8) is 0 Å². The first-order chi connectivity index (χ1) is 10.4. The van der Waals surface area contributed by atoms with Crippen LogP contribution in [0.4, 0.5) is 5.69 Å². The number of anilines is 1. The van der Waals surface area contributed by atoms with Crippen LogP contribution in [0.5, 0.6) is 5.75 Å². The van der Waals surface area contributed by atoms with E-state index < -0.39 is 11.4 Å². The molecule has 0 radical (unpaired) electrons. The average Bonchev–Trinajstić information content (AvgIpc) is 2.44. The first-order valence-electron chi connectivity index (χ1n) is 6.72. The van der Waals surface area contributed by atoms with E-state index in [9.17, 15) is 14.7 Å². The van der Waals surface area contributed by atoms with Crippen molar-refractivity contribution in [1.29, 1.82) is 0 Å². The van der Waals surface area contributed by atoms with E-state index in [4.69, 9.17) is 4.42 Å². The van der Waals surface area contributed by atoms with Gasteiger partial charge in [-0.3, -0.25) is 4.79 Å². The standard InChI is InChI=1S/C17H17NO4/c1-11-10-15(20)16(17(21)22-11)14(19)9-6-12-4-7-13(8-5-12)18(2)3/h4-10,20H,1-3H3/b9-6+. The van der Waals surface area contributed by atoms with Gasteiger partial charge in [-0.15, -0.1) is 0 Å². The number of carbonyl (C=O) groups is 1. The van der Waals surface area contributed by atoms with E-state index in [1.807, 2.05) is 43.3 Å². The van der Waals surface area contributed by atoms with Crippen LogP contribution in [0.25, 0.3) is 6.08 Å². The third kappa shape index (κ3) is 3.44. The summed E-state index contributed by atoms with van der Waals surface area (Å²) in [7, 11) is 3.88. The highest BCUT2D eigenvalue weighted by Gasteiger charge is 2.15. The van der Waals surface area contributed by atoms with Crippen molar-refractivity contribution in [2.75, 3.05) is 19.0 Å². The number of hydrogen-bond acceptors (Lipinski definition) is 5. The van der Waals surface area contributed by atoms with E-state index in [0.29, 0.717) is 0 Å². The van der Waals surface area contributed by atoms with Gasteiger partial charge in [0, 0.05) is 25.8 Å². The smallest absolute Gasteiger partial charge is 0.351 e. The van der Waals surface area contributed by atoms with Crippen LogP contribution in [0, 0.1) is 6.92 Å². The summed E-state index contributed by atoms with van der Waals surface area (Å²) in [6.45, 7) is 1.53. The molecular formula is C17H17NO4. The number of benzene rings is 1. The maximum Gasteiger partial charge on any atom is 0.351 e. The van der Waals surface area contributed by atoms with Crippen molar-refractivity contribution in [3.8, 4) is 5.75 Å². The van der Waals surface area contributed by atoms with Crippen LogP contribution < -0.4 is 10.5 Å². The van der Waals surface area contributed by atoms with Gasteiger partial charge in [0.1, 0.15) is 17.1 Å². The van der Waals surface area contributed by atoms with E-state index >= 15 is 0 Å². The normalized spacial score (nSPS) is 10.9. The van der Waals surface area contributed by atoms with Crippen molar-refractivity contribution >= 4 is 17.5 Å². The molecule has 2 aromatic rings. The predicted octanol–water partition coefficient (Wildman–Crippen LogP) is 2.62. The number of carbonyl (C=O) groups excluding carboxylic acids is 1. The summed E-state index contributed by atoms with van der Waals surface area (Å²) in [6.07, 6.45) is 2.83. The molecule has 1 aromatic carbocycles. The summed E-state index contributed by atoms with van der Waals surface area (Å²) in [6, 6.07) is 8.80. The molecule has 0 saturated carbocycles. The Hall–Kier alpha value is -2.82. The highest BCUT2D eigenvalue weighted by atomic mass is 16.4. The Bertz CT molecular complexity index is 770. The Morgan fingerprint density at radius 1 is 1.23 bits per heavy atom. The molecule has 0 amide bonds. The minimum atomic E-state index is -0.838. The Balaban J connectivity index is 2.23. The van der Waals surface area contributed by atoms with E-state index in [1.54, 1.807) is 6.08 Å². The van der Waals surface area contributed by atoms with Gasteiger partial charge in [0.25, 0.3) is 0 Å². The van der Waals surface area contributed by atoms with Crippen LogP contribution in [0.1, 0.15) is 21.7 Å². The molecule has 0 unspecified atom stereocenters. The average molecular weight is 299 g/mol. The number of aromatic hydroxyl groups is 1. The first-order valence-corrected chi connectivity index (χ1v) is 6.72. The number of aryl methyl sites for hydroxylation is 1. The lowest BCUT2D eigenvalue weighted by molar-refractivity contribution is 0.104. The minimum Gasteiger partial charge on any atom is -0.507 e. The highest BCUT2D eigenvalue weighted by molar-refractivity contribution is 6.08. The molecule has 0 atom stereocenters. The molecule has 0 fully saturated rings. The van der Waals surface area contributed by atoms with Gasteiger partial charge in [-0.1, -0.05) is 18.2 Å². The van der Waals surface area contributed by atoms with Crippen LogP contribution in [0.15, 0.2) is 45.6 Å². The Labute approximate surface area is 128 Å². The molecule has 0 aliphatic heterocycles. The fourth-order valence-corrected chi connectivity index (χ4v) is 1.96. The van der Waals surface area contributed by atoms with Gasteiger partial charge >= 0.3 is 5.63 Å². The molecule has 0 spiro atoms. The molecular weight excluding hydrogens is 282 g/mol. The zero-order valence-corrected chi connectivity index (χ0v) is 12.7. The Kier molecular flexibility index (Phi) is 4.46. The predicted molar refractivity (Wildman–Crippen MR) is 85.5 cm³/mol. The van der Waals surface area contributed by atoms with Crippen molar-refractivity contribution in [2.45, 2.75) is 6.92 Å². The van der Waals surface area contributed by atoms with E-state index in [-0.39, 0.29) is 17.1 Å². The lowest BCUT2D eigenvalue weighted by Gasteiger charge is -2.11. The topological polar surface area (TPSA) is 70.8 Å². The van der Waals surface area contributed by atoms with Crippen LogP contribution in [0.3, 0.4) is 0 Å². The van der Waals surface area contributed by atoms with Crippen LogP contribution in [-0.2, 0) is 0 Å². The highest BCUT2D eigenvalue weighted by Crippen LogP contribution is 2.17. The maximum atomic E-state index is 12.0. The Morgan fingerprint density at radius 2 is 1.86 bits per heavy atom. The molecule has 1 aromatic heterocycles. The third-order valence-corrected chi connectivity index (χ3v) is 3.14. The van der Waals surface area contributed by atoms with Crippen molar-refractivity contribution in [1.82, 2.24) is 0 Å². The molecule has 0 aliphatic carbocycles. The van der Waals surface area contributed by atoms with Crippen LogP contribution >= 0.6 is 0 Å². The summed E-state index contributed by atoms with van der Waals surface area (Å²) < 4.78 is 4.83. The first kappa shape index (κ1) is 15.6. The molecule has 22 heavy (non-hydrogen) atoms. The van der Waals surface area contributed by atoms with Gasteiger partial charge < -0.3 is 14.4 Å². The zero-order chi connectivity index (χ0) is 16.3. The molecule has 1 N–H and O–H groups in total. The largest absolute Gasteiger partial charge is 0.507 e. The maximum absolute atomic E-state index is 12.0. The molecule has 5 heteroatoms. The number of ketones is 1. The minimum absolute atomic E-state index is 0.252. The van der Waals surface area contributed by atoms with Gasteiger partial charge in [0.2, 0.25) is 0 Å². The number of rotatable bonds is 4. The van der Waals surface area contributed by atoms with Gasteiger partial charge in [0.15, 0.2) is 5.78 Å². The monoisotopic (exact) mass is 299 g/mol. The third-order valence-electron chi connectivity index (χ3n) is 3.14. The van der Waals surface area contributed by atoms with E-state index in [1.165, 1.54) is 19.1 Å². The molecule has 0 aliphatic rings. The summed E-state index contributed by atoms with van der Waals surface area (Å²) in [4.78, 5) is 25.6. The Morgan fingerprint density at radius 3 is 2.41 bits per heavy atom. The van der Waals surface area contributed by atoms with E-state index in [2.05, 4.69) is 0 Å². The van der Waals surface area contributed by atoms with Gasteiger partial charge in [-0.05, 0) is 30.7 Å². The van der Waals surface area contributed by atoms with Gasteiger partial charge in [-0.25, -0.2) is 4.79 Å². The second kappa shape index (κ2) is 6.30. The van der Waals surface area contributed by atoms with Gasteiger partial charge in [0.05, 0.1) is 0 Å². The summed E-state index contributed by atoms with van der Waals surface area (Å²) in [5.41, 5.74) is 0.664. The molecule has 114 valence electrons. The second-order valence-corrected chi connectivity index (χ2v) is 5.09. The van der Waals surface area contributed by atoms with Crippen molar-refractivity contribution in [3.05, 3.63) is 63.7 Å². The number of nitrogens with zero attached hydrogens (tertiary/aromatic N) is 1. The molecule has 2 rings (SSSR count). The molecule has 0 bridgehead atoms. The SMILES string of the molecule is Cc1cc(O)c(C(=O)/C=C/c2ccc(N(C)C)cc2)c(=O)o1. The lowest BCUT2D eigenvalue weighted by atomic mass is 10.1. The summed E-state index contributed by atoms with van der Waals surface area (Å²) in [5.74, 6) is -0.711. The van der Waals surface area contributed by atoms with Crippen LogP contribution in [0.2, 0.25) is 0 Å². The summed E-state index contributed by atoms with van der Waals surface area (Å²) in [5, 5.41) is 9.72. The molecule has 1 heterocycles. The lowest BCUT2D eigenvalue weighted by Crippen LogP contribution is -2.12. The number of hydrogen-bond donors (Lipinski definition) is 1. The number of allylic oxidation sites excluding steroid dienone is 1. The zero-order valence-electron chi connectivity index (χ0n) is 12.7. The summed E-state index contributed by atoms with van der Waals surface area (Å²) >= 11 is 0. The van der Waals surface area contributed by atoms with E-state index in [0.717, 1.165) is 11.3 Å². The van der Waals surface area contributed by atoms with Crippen LogP contribution in [-0.4, -0.2) is 25.0 Å². The van der Waals surface area contributed by atoms with Gasteiger partial charge in [-0.2, -0.15) is 0 Å². The molecule has 5 nitrogen and oxygen atoms in total. The van der Waals surface area contributed by atoms with Crippen molar-refractivity contribution < 1.29 is 14.3 Å². The second-order valence-electron chi connectivity index (χ2n) is 5.09. The fourth-order valence-electron chi connectivity index (χ4n) is 1.96. The van der Waals surface area contributed by atoms with Crippen molar-refractivity contribution in [2.24, 2.45) is 0 Å².